The molecule has 3 rings (SSSR count). The normalized spacial score (nSPS) is 12.6. The maximum Gasteiger partial charge on any atom is 0.231 e. The number of fused-ring (bicyclic) bond motifs is 1. The van der Waals surface area contributed by atoms with Gasteiger partial charge >= 0.3 is 0 Å². The maximum absolute atomic E-state index is 5.42. The molecule has 0 radical (unpaired) electrons. The van der Waals surface area contributed by atoms with Crippen molar-refractivity contribution in [2.24, 2.45) is 0 Å². The van der Waals surface area contributed by atoms with E-state index in [1.807, 2.05) is 36.4 Å². The summed E-state index contributed by atoms with van der Waals surface area (Å²) in [5, 5.41) is 0. The van der Waals surface area contributed by atoms with Crippen LogP contribution >= 0.6 is 0 Å². The molecule has 114 valence electrons. The van der Waals surface area contributed by atoms with Crippen molar-refractivity contribution in [2.45, 2.75) is 6.42 Å². The summed E-state index contributed by atoms with van der Waals surface area (Å²) in [7, 11) is 3.32. The summed E-state index contributed by atoms with van der Waals surface area (Å²) in [5.41, 5.74) is 2.19. The first kappa shape index (κ1) is 14.3. The molecule has 0 bridgehead atoms. The SMILES string of the molecule is COc1ccc(/C=C/Cc2cc3c(cc2OC)OCO3)cc1. The van der Waals surface area contributed by atoms with Gasteiger partial charge in [-0.15, -0.1) is 0 Å². The highest BCUT2D eigenvalue weighted by Crippen LogP contribution is 2.38. The zero-order chi connectivity index (χ0) is 15.4. The van der Waals surface area contributed by atoms with Crippen LogP contribution < -0.4 is 18.9 Å². The van der Waals surface area contributed by atoms with Crippen molar-refractivity contribution in [2.75, 3.05) is 21.0 Å². The van der Waals surface area contributed by atoms with E-state index in [9.17, 15) is 0 Å². The molecule has 1 heterocycles. The summed E-state index contributed by atoms with van der Waals surface area (Å²) in [4.78, 5) is 0. The minimum atomic E-state index is 0.267. The molecule has 0 saturated heterocycles. The molecular weight excluding hydrogens is 280 g/mol. The fraction of sp³-hybridized carbons (Fsp3) is 0.222. The quantitative estimate of drug-likeness (QED) is 0.843. The number of benzene rings is 2. The van der Waals surface area contributed by atoms with Crippen molar-refractivity contribution in [3.05, 3.63) is 53.6 Å². The number of methoxy groups -OCH3 is 2. The van der Waals surface area contributed by atoms with Crippen LogP contribution in [0.5, 0.6) is 23.0 Å². The molecule has 22 heavy (non-hydrogen) atoms. The van der Waals surface area contributed by atoms with E-state index in [1.54, 1.807) is 14.2 Å². The minimum Gasteiger partial charge on any atom is -0.497 e. The first-order chi connectivity index (χ1) is 10.8. The highest BCUT2D eigenvalue weighted by molar-refractivity contribution is 5.55. The lowest BCUT2D eigenvalue weighted by Crippen LogP contribution is -1.92. The Hall–Kier alpha value is -2.62. The van der Waals surface area contributed by atoms with Gasteiger partial charge in [0.25, 0.3) is 0 Å². The van der Waals surface area contributed by atoms with E-state index < -0.39 is 0 Å². The zero-order valence-corrected chi connectivity index (χ0v) is 12.7. The number of hydrogen-bond acceptors (Lipinski definition) is 4. The van der Waals surface area contributed by atoms with Gasteiger partial charge in [0.15, 0.2) is 11.5 Å². The molecule has 4 nitrogen and oxygen atoms in total. The minimum absolute atomic E-state index is 0.267. The van der Waals surface area contributed by atoms with Crippen molar-refractivity contribution >= 4 is 6.08 Å². The number of hydrogen-bond donors (Lipinski definition) is 0. The molecule has 0 saturated carbocycles. The Bertz CT molecular complexity index is 674. The Morgan fingerprint density at radius 1 is 1.00 bits per heavy atom. The molecule has 2 aromatic carbocycles. The van der Waals surface area contributed by atoms with E-state index in [4.69, 9.17) is 18.9 Å². The van der Waals surface area contributed by atoms with Crippen LogP contribution in [-0.4, -0.2) is 21.0 Å². The molecular formula is C18H18O4. The first-order valence-electron chi connectivity index (χ1n) is 7.07. The molecule has 0 aliphatic carbocycles. The van der Waals surface area contributed by atoms with Gasteiger partial charge in [0.1, 0.15) is 11.5 Å². The molecule has 0 spiro atoms. The molecule has 2 aromatic rings. The molecule has 4 heteroatoms. The number of ether oxygens (including phenoxy) is 4. The highest BCUT2D eigenvalue weighted by atomic mass is 16.7. The second kappa shape index (κ2) is 6.43. The third-order valence-corrected chi connectivity index (χ3v) is 3.54. The predicted octanol–water partition coefficient (Wildman–Crippen LogP) is 3.69. The van der Waals surface area contributed by atoms with Gasteiger partial charge in [-0.25, -0.2) is 0 Å². The fourth-order valence-corrected chi connectivity index (χ4v) is 2.35. The second-order valence-electron chi connectivity index (χ2n) is 4.90. The average Bonchev–Trinajstić information content (AvgIpc) is 3.02. The van der Waals surface area contributed by atoms with Crippen molar-refractivity contribution in [1.82, 2.24) is 0 Å². The Labute approximate surface area is 129 Å². The van der Waals surface area contributed by atoms with Gasteiger partial charge < -0.3 is 18.9 Å². The molecule has 0 amide bonds. The van der Waals surface area contributed by atoms with Crippen LogP contribution in [-0.2, 0) is 6.42 Å². The van der Waals surface area contributed by atoms with Crippen molar-refractivity contribution in [3.63, 3.8) is 0 Å². The Morgan fingerprint density at radius 2 is 1.73 bits per heavy atom. The van der Waals surface area contributed by atoms with Gasteiger partial charge in [-0.2, -0.15) is 0 Å². The molecule has 0 N–H and O–H groups in total. The summed E-state index contributed by atoms with van der Waals surface area (Å²) < 4.78 is 21.3. The summed E-state index contributed by atoms with van der Waals surface area (Å²) in [6, 6.07) is 11.8. The van der Waals surface area contributed by atoms with Gasteiger partial charge in [-0.1, -0.05) is 24.3 Å². The highest BCUT2D eigenvalue weighted by Gasteiger charge is 2.17. The monoisotopic (exact) mass is 298 g/mol. The standard InChI is InChI=1S/C18H18O4/c1-19-15-8-6-13(7-9-15)4-3-5-14-10-17-18(22-12-21-17)11-16(14)20-2/h3-4,6-11H,5,12H2,1-2H3/b4-3+. The van der Waals surface area contributed by atoms with E-state index in [0.717, 1.165) is 40.5 Å². The van der Waals surface area contributed by atoms with Crippen molar-refractivity contribution < 1.29 is 18.9 Å². The van der Waals surface area contributed by atoms with Crippen LogP contribution in [0.3, 0.4) is 0 Å². The molecule has 0 aromatic heterocycles. The molecule has 0 atom stereocenters. The Balaban J connectivity index is 1.73. The Kier molecular flexibility index (Phi) is 4.19. The van der Waals surface area contributed by atoms with Crippen LogP contribution in [0.4, 0.5) is 0 Å². The largest absolute Gasteiger partial charge is 0.497 e. The third-order valence-electron chi connectivity index (χ3n) is 3.54. The molecule has 1 aliphatic heterocycles. The first-order valence-corrected chi connectivity index (χ1v) is 7.07. The molecule has 0 fully saturated rings. The summed E-state index contributed by atoms with van der Waals surface area (Å²) in [6.07, 6.45) is 4.93. The lowest BCUT2D eigenvalue weighted by atomic mass is 10.1. The third kappa shape index (κ3) is 3.01. The van der Waals surface area contributed by atoms with E-state index in [2.05, 4.69) is 12.2 Å². The molecule has 1 aliphatic rings. The van der Waals surface area contributed by atoms with Crippen molar-refractivity contribution in [1.29, 1.82) is 0 Å². The zero-order valence-electron chi connectivity index (χ0n) is 12.7. The van der Waals surface area contributed by atoms with E-state index in [0.29, 0.717) is 0 Å². The average molecular weight is 298 g/mol. The smallest absolute Gasteiger partial charge is 0.231 e. The summed E-state index contributed by atoms with van der Waals surface area (Å²) in [5.74, 6) is 3.17. The summed E-state index contributed by atoms with van der Waals surface area (Å²) >= 11 is 0. The van der Waals surface area contributed by atoms with Crippen molar-refractivity contribution in [3.8, 4) is 23.0 Å². The van der Waals surface area contributed by atoms with Gasteiger partial charge in [-0.05, 0) is 30.2 Å². The lowest BCUT2D eigenvalue weighted by Gasteiger charge is -2.08. The molecule has 0 unspecified atom stereocenters. The van der Waals surface area contributed by atoms with Gasteiger partial charge in [-0.3, -0.25) is 0 Å². The van der Waals surface area contributed by atoms with Crippen LogP contribution in [0, 0.1) is 0 Å². The van der Waals surface area contributed by atoms with E-state index in [-0.39, 0.29) is 6.79 Å². The van der Waals surface area contributed by atoms with Gasteiger partial charge in [0, 0.05) is 11.6 Å². The van der Waals surface area contributed by atoms with Crippen LogP contribution in [0.15, 0.2) is 42.5 Å². The lowest BCUT2D eigenvalue weighted by molar-refractivity contribution is 0.174. The fourth-order valence-electron chi connectivity index (χ4n) is 2.35. The number of allylic oxidation sites excluding steroid dienone is 1. The van der Waals surface area contributed by atoms with Gasteiger partial charge in [0.05, 0.1) is 14.2 Å². The van der Waals surface area contributed by atoms with E-state index in [1.165, 1.54) is 0 Å². The predicted molar refractivity (Wildman–Crippen MR) is 84.8 cm³/mol. The van der Waals surface area contributed by atoms with Crippen LogP contribution in [0.1, 0.15) is 11.1 Å². The Morgan fingerprint density at radius 3 is 2.41 bits per heavy atom. The topological polar surface area (TPSA) is 36.9 Å². The summed E-state index contributed by atoms with van der Waals surface area (Å²) in [6.45, 7) is 0.267. The maximum atomic E-state index is 5.42. The number of rotatable bonds is 5. The van der Waals surface area contributed by atoms with Gasteiger partial charge in [0.2, 0.25) is 6.79 Å². The second-order valence-corrected chi connectivity index (χ2v) is 4.90. The van der Waals surface area contributed by atoms with Crippen LogP contribution in [0.25, 0.3) is 6.08 Å². The van der Waals surface area contributed by atoms with E-state index >= 15 is 0 Å². The van der Waals surface area contributed by atoms with Crippen LogP contribution in [0.2, 0.25) is 0 Å².